The molecule has 0 saturated carbocycles. The molecule has 0 aliphatic rings. The summed E-state index contributed by atoms with van der Waals surface area (Å²) in [5.41, 5.74) is 8.07. The lowest BCUT2D eigenvalue weighted by Crippen LogP contribution is -2.12. The Hall–Kier alpha value is -1.80. The third-order valence-corrected chi connectivity index (χ3v) is 4.23. The topological polar surface area (TPSA) is 55.1 Å². The van der Waals surface area contributed by atoms with E-state index in [2.05, 4.69) is 17.2 Å². The number of carbonyl (C=O) groups excluding carboxylic acids is 1. The van der Waals surface area contributed by atoms with Crippen molar-refractivity contribution in [2.75, 3.05) is 11.9 Å². The zero-order valence-corrected chi connectivity index (χ0v) is 13.1. The normalized spacial score (nSPS) is 9.86. The molecule has 0 unspecified atom stereocenters. The SMILES string of the molecule is CCc1cc(C#CCN)ccc1NC(=O)c1sccc1Cl. The molecule has 0 aliphatic carbocycles. The van der Waals surface area contributed by atoms with Crippen LogP contribution in [0.3, 0.4) is 0 Å². The van der Waals surface area contributed by atoms with Crippen molar-refractivity contribution in [3.8, 4) is 11.8 Å². The van der Waals surface area contributed by atoms with Gasteiger partial charge in [-0.1, -0.05) is 30.4 Å². The molecule has 3 N–H and O–H groups in total. The number of nitrogens with one attached hydrogen (secondary N) is 1. The summed E-state index contributed by atoms with van der Waals surface area (Å²) >= 11 is 7.30. The van der Waals surface area contributed by atoms with Crippen LogP contribution in [0.4, 0.5) is 5.69 Å². The van der Waals surface area contributed by atoms with Crippen molar-refractivity contribution in [1.29, 1.82) is 0 Å². The summed E-state index contributed by atoms with van der Waals surface area (Å²) in [5, 5.41) is 5.17. The Morgan fingerprint density at radius 3 is 2.86 bits per heavy atom. The van der Waals surface area contributed by atoms with Gasteiger partial charge in [-0.15, -0.1) is 11.3 Å². The molecule has 2 rings (SSSR count). The molecule has 0 spiro atoms. The number of benzene rings is 1. The molecule has 0 bridgehead atoms. The maximum atomic E-state index is 12.2. The second-order valence-corrected chi connectivity index (χ2v) is 5.61. The Bertz CT molecular complexity index is 713. The number of aryl methyl sites for hydroxylation is 1. The van der Waals surface area contributed by atoms with Crippen molar-refractivity contribution in [2.24, 2.45) is 5.73 Å². The van der Waals surface area contributed by atoms with Crippen LogP contribution >= 0.6 is 22.9 Å². The molecule has 1 heterocycles. The Morgan fingerprint density at radius 2 is 2.24 bits per heavy atom. The third-order valence-electron chi connectivity index (χ3n) is 2.89. The van der Waals surface area contributed by atoms with Gasteiger partial charge in [0.15, 0.2) is 0 Å². The van der Waals surface area contributed by atoms with Crippen molar-refractivity contribution < 1.29 is 4.79 Å². The van der Waals surface area contributed by atoms with Gasteiger partial charge in [0.1, 0.15) is 4.88 Å². The first-order valence-electron chi connectivity index (χ1n) is 6.52. The van der Waals surface area contributed by atoms with E-state index in [9.17, 15) is 4.79 Å². The molecule has 5 heteroatoms. The Kier molecular flexibility index (Phi) is 5.40. The lowest BCUT2D eigenvalue weighted by Gasteiger charge is -2.10. The highest BCUT2D eigenvalue weighted by atomic mass is 35.5. The largest absolute Gasteiger partial charge is 0.321 e. The quantitative estimate of drug-likeness (QED) is 0.851. The molecule has 1 amide bonds. The molecule has 1 aromatic heterocycles. The van der Waals surface area contributed by atoms with Gasteiger partial charge in [0.05, 0.1) is 11.6 Å². The van der Waals surface area contributed by atoms with Crippen molar-refractivity contribution in [2.45, 2.75) is 13.3 Å². The molecule has 0 saturated heterocycles. The Labute approximate surface area is 133 Å². The van der Waals surface area contributed by atoms with Gasteiger partial charge in [0.25, 0.3) is 5.91 Å². The van der Waals surface area contributed by atoms with Gasteiger partial charge in [-0.3, -0.25) is 4.79 Å². The second-order valence-electron chi connectivity index (χ2n) is 4.28. The number of rotatable bonds is 3. The maximum Gasteiger partial charge on any atom is 0.267 e. The number of thiophene rings is 1. The van der Waals surface area contributed by atoms with Gasteiger partial charge in [-0.25, -0.2) is 0 Å². The summed E-state index contributed by atoms with van der Waals surface area (Å²) in [4.78, 5) is 12.7. The minimum Gasteiger partial charge on any atom is -0.321 e. The molecule has 3 nitrogen and oxygen atoms in total. The molecule has 1 aromatic carbocycles. The highest BCUT2D eigenvalue weighted by Crippen LogP contribution is 2.25. The van der Waals surface area contributed by atoms with Crippen LogP contribution in [0.5, 0.6) is 0 Å². The van der Waals surface area contributed by atoms with Gasteiger partial charge < -0.3 is 11.1 Å². The predicted octanol–water partition coefficient (Wildman–Crippen LogP) is 3.53. The van der Waals surface area contributed by atoms with Crippen molar-refractivity contribution in [1.82, 2.24) is 0 Å². The monoisotopic (exact) mass is 318 g/mol. The number of hydrogen-bond donors (Lipinski definition) is 2. The standard InChI is InChI=1S/C16H15ClN2OS/c1-2-12-10-11(4-3-8-18)5-6-14(12)19-16(20)15-13(17)7-9-21-15/h5-7,9-10H,2,8,18H2,1H3,(H,19,20). The van der Waals surface area contributed by atoms with Gasteiger partial charge in [0.2, 0.25) is 0 Å². The van der Waals surface area contributed by atoms with E-state index in [1.54, 1.807) is 11.4 Å². The zero-order chi connectivity index (χ0) is 15.2. The molecule has 0 atom stereocenters. The van der Waals surface area contributed by atoms with E-state index < -0.39 is 0 Å². The summed E-state index contributed by atoms with van der Waals surface area (Å²) in [7, 11) is 0. The van der Waals surface area contributed by atoms with Crippen molar-refractivity contribution in [3.05, 3.63) is 50.7 Å². The highest BCUT2D eigenvalue weighted by Gasteiger charge is 2.13. The van der Waals surface area contributed by atoms with Crippen LogP contribution in [0.1, 0.15) is 27.7 Å². The molecular weight excluding hydrogens is 304 g/mol. The van der Waals surface area contributed by atoms with E-state index in [-0.39, 0.29) is 5.91 Å². The van der Waals surface area contributed by atoms with Crippen LogP contribution in [0.25, 0.3) is 0 Å². The lowest BCUT2D eigenvalue weighted by molar-refractivity contribution is 0.103. The van der Waals surface area contributed by atoms with Crippen molar-refractivity contribution >= 4 is 34.5 Å². The summed E-state index contributed by atoms with van der Waals surface area (Å²) in [5.74, 6) is 5.62. The summed E-state index contributed by atoms with van der Waals surface area (Å²) in [6.07, 6.45) is 0.798. The van der Waals surface area contributed by atoms with Crippen LogP contribution in [0.2, 0.25) is 5.02 Å². The molecule has 0 radical (unpaired) electrons. The summed E-state index contributed by atoms with van der Waals surface area (Å²) in [6, 6.07) is 7.41. The number of carbonyl (C=O) groups is 1. The van der Waals surface area contributed by atoms with Crippen LogP contribution in [-0.2, 0) is 6.42 Å². The molecule has 0 aliphatic heterocycles. The van der Waals surface area contributed by atoms with Gasteiger partial charge in [-0.2, -0.15) is 0 Å². The number of anilines is 1. The fourth-order valence-electron chi connectivity index (χ4n) is 1.87. The average molecular weight is 319 g/mol. The number of nitrogens with two attached hydrogens (primary N) is 1. The molecule has 2 aromatic rings. The molecule has 21 heavy (non-hydrogen) atoms. The predicted molar refractivity (Wildman–Crippen MR) is 89.0 cm³/mol. The van der Waals surface area contributed by atoms with Gasteiger partial charge in [-0.05, 0) is 41.6 Å². The van der Waals surface area contributed by atoms with E-state index in [4.69, 9.17) is 17.3 Å². The van der Waals surface area contributed by atoms with E-state index >= 15 is 0 Å². The van der Waals surface area contributed by atoms with Gasteiger partial charge >= 0.3 is 0 Å². The fraction of sp³-hybridized carbons (Fsp3) is 0.188. The average Bonchev–Trinajstić information content (AvgIpc) is 2.92. The Balaban J connectivity index is 2.24. The van der Waals surface area contributed by atoms with Crippen LogP contribution in [-0.4, -0.2) is 12.5 Å². The fourth-order valence-corrected chi connectivity index (χ4v) is 2.91. The number of halogens is 1. The minimum absolute atomic E-state index is 0.189. The molecular formula is C16H15ClN2OS. The van der Waals surface area contributed by atoms with Gasteiger partial charge in [0, 0.05) is 11.3 Å². The van der Waals surface area contributed by atoms with Crippen LogP contribution in [0.15, 0.2) is 29.6 Å². The Morgan fingerprint density at radius 1 is 1.43 bits per heavy atom. The smallest absolute Gasteiger partial charge is 0.267 e. The third kappa shape index (κ3) is 3.85. The molecule has 0 fully saturated rings. The van der Waals surface area contributed by atoms with E-state index in [1.165, 1.54) is 11.3 Å². The first-order chi connectivity index (χ1) is 10.2. The van der Waals surface area contributed by atoms with Crippen molar-refractivity contribution in [3.63, 3.8) is 0 Å². The minimum atomic E-state index is -0.189. The van der Waals surface area contributed by atoms with E-state index in [0.717, 1.165) is 23.2 Å². The first-order valence-corrected chi connectivity index (χ1v) is 7.77. The summed E-state index contributed by atoms with van der Waals surface area (Å²) < 4.78 is 0. The second kappa shape index (κ2) is 7.28. The zero-order valence-electron chi connectivity index (χ0n) is 11.6. The number of hydrogen-bond acceptors (Lipinski definition) is 3. The maximum absolute atomic E-state index is 12.2. The van der Waals surface area contributed by atoms with Crippen LogP contribution < -0.4 is 11.1 Å². The highest BCUT2D eigenvalue weighted by molar-refractivity contribution is 7.12. The number of amides is 1. The van der Waals surface area contributed by atoms with E-state index in [0.29, 0.717) is 16.4 Å². The summed E-state index contributed by atoms with van der Waals surface area (Å²) in [6.45, 7) is 2.36. The molecule has 108 valence electrons. The first kappa shape index (κ1) is 15.6. The van der Waals surface area contributed by atoms with E-state index in [1.807, 2.05) is 25.1 Å². The van der Waals surface area contributed by atoms with Crippen LogP contribution in [0, 0.1) is 11.8 Å². The lowest BCUT2D eigenvalue weighted by atomic mass is 10.1.